The fraction of sp³-hybridized carbons (Fsp3) is 0.300. The summed E-state index contributed by atoms with van der Waals surface area (Å²) < 4.78 is 45.8. The zero-order chi connectivity index (χ0) is 22.6. The predicted molar refractivity (Wildman–Crippen MR) is 114 cm³/mol. The number of piperidine rings is 1. The van der Waals surface area contributed by atoms with Crippen molar-refractivity contribution in [3.63, 3.8) is 0 Å². The van der Waals surface area contributed by atoms with Gasteiger partial charge in [0, 0.05) is 18.1 Å². The molecule has 2 aromatic carbocycles. The van der Waals surface area contributed by atoms with Crippen LogP contribution in [0.15, 0.2) is 41.3 Å². The molecule has 0 aromatic heterocycles. The number of nitrogens with zero attached hydrogens (tertiary/aromatic N) is 1. The SMILES string of the molecule is O=C(COC(=O)c1ccc(Cl)c(S(=O)(=O)N2CCCCC2)c1)Nc1ccc(Cl)cc1F. The number of sulfonamides is 1. The van der Waals surface area contributed by atoms with E-state index in [4.69, 9.17) is 27.9 Å². The first-order chi connectivity index (χ1) is 14.7. The van der Waals surface area contributed by atoms with Gasteiger partial charge in [0.1, 0.15) is 10.7 Å². The van der Waals surface area contributed by atoms with Crippen molar-refractivity contribution in [3.05, 3.63) is 57.8 Å². The van der Waals surface area contributed by atoms with Gasteiger partial charge in [-0.15, -0.1) is 0 Å². The molecule has 0 atom stereocenters. The molecule has 0 bridgehead atoms. The van der Waals surface area contributed by atoms with Gasteiger partial charge in [-0.25, -0.2) is 17.6 Å². The van der Waals surface area contributed by atoms with Crippen molar-refractivity contribution in [2.75, 3.05) is 25.0 Å². The summed E-state index contributed by atoms with van der Waals surface area (Å²) in [6.07, 6.45) is 2.46. The summed E-state index contributed by atoms with van der Waals surface area (Å²) in [5.74, 6) is -2.43. The first kappa shape index (κ1) is 23.5. The van der Waals surface area contributed by atoms with Crippen LogP contribution in [-0.4, -0.2) is 44.3 Å². The Morgan fingerprint density at radius 2 is 1.77 bits per heavy atom. The molecule has 0 saturated carbocycles. The molecule has 3 rings (SSSR count). The van der Waals surface area contributed by atoms with Gasteiger partial charge in [0.15, 0.2) is 6.61 Å². The molecule has 0 spiro atoms. The van der Waals surface area contributed by atoms with Crippen molar-refractivity contribution in [1.82, 2.24) is 4.31 Å². The van der Waals surface area contributed by atoms with Crippen LogP contribution in [0.3, 0.4) is 0 Å². The largest absolute Gasteiger partial charge is 0.452 e. The van der Waals surface area contributed by atoms with Gasteiger partial charge in [-0.2, -0.15) is 4.31 Å². The molecule has 0 radical (unpaired) electrons. The van der Waals surface area contributed by atoms with E-state index in [0.29, 0.717) is 13.1 Å². The van der Waals surface area contributed by atoms with Gasteiger partial charge in [-0.3, -0.25) is 4.79 Å². The zero-order valence-corrected chi connectivity index (χ0v) is 18.6. The minimum Gasteiger partial charge on any atom is -0.452 e. The van der Waals surface area contributed by atoms with E-state index in [9.17, 15) is 22.4 Å². The number of hydrogen-bond acceptors (Lipinski definition) is 5. The molecule has 1 N–H and O–H groups in total. The second-order valence-corrected chi connectivity index (χ2v) is 9.61. The van der Waals surface area contributed by atoms with E-state index < -0.39 is 34.3 Å². The maximum absolute atomic E-state index is 13.7. The molecular formula is C20H19Cl2FN2O5S. The van der Waals surface area contributed by atoms with Gasteiger partial charge in [0.2, 0.25) is 10.0 Å². The molecule has 2 aromatic rings. The Bertz CT molecular complexity index is 1100. The van der Waals surface area contributed by atoms with E-state index in [1.165, 1.54) is 28.6 Å². The third-order valence-electron chi connectivity index (χ3n) is 4.64. The van der Waals surface area contributed by atoms with Crippen LogP contribution in [0.5, 0.6) is 0 Å². The number of esters is 1. The second kappa shape index (κ2) is 9.95. The zero-order valence-electron chi connectivity index (χ0n) is 16.2. The molecule has 1 aliphatic rings. The molecule has 1 fully saturated rings. The van der Waals surface area contributed by atoms with Crippen LogP contribution in [0.1, 0.15) is 29.6 Å². The summed E-state index contributed by atoms with van der Waals surface area (Å²) in [7, 11) is -3.87. The molecule has 1 amide bonds. The number of amides is 1. The third-order valence-corrected chi connectivity index (χ3v) is 7.25. The van der Waals surface area contributed by atoms with Gasteiger partial charge in [-0.05, 0) is 49.2 Å². The molecule has 0 aliphatic carbocycles. The molecule has 1 aliphatic heterocycles. The van der Waals surface area contributed by atoms with Crippen molar-refractivity contribution in [2.45, 2.75) is 24.2 Å². The molecule has 0 unspecified atom stereocenters. The Kier molecular flexibility index (Phi) is 7.53. The highest BCUT2D eigenvalue weighted by Gasteiger charge is 2.29. The molecule has 31 heavy (non-hydrogen) atoms. The lowest BCUT2D eigenvalue weighted by Gasteiger charge is -2.26. The Morgan fingerprint density at radius 1 is 1.06 bits per heavy atom. The third kappa shape index (κ3) is 5.74. The second-order valence-electron chi connectivity index (χ2n) is 6.86. The average molecular weight is 489 g/mol. The number of carbonyl (C=O) groups excluding carboxylic acids is 2. The normalized spacial score (nSPS) is 14.8. The van der Waals surface area contributed by atoms with Crippen LogP contribution < -0.4 is 5.32 Å². The number of nitrogens with one attached hydrogen (secondary N) is 1. The Morgan fingerprint density at radius 3 is 2.45 bits per heavy atom. The van der Waals surface area contributed by atoms with E-state index in [1.54, 1.807) is 0 Å². The van der Waals surface area contributed by atoms with Gasteiger partial charge in [0.05, 0.1) is 16.3 Å². The molecule has 11 heteroatoms. The van der Waals surface area contributed by atoms with Crippen molar-refractivity contribution >= 4 is 50.8 Å². The highest BCUT2D eigenvalue weighted by Crippen LogP contribution is 2.28. The van der Waals surface area contributed by atoms with E-state index >= 15 is 0 Å². The molecular weight excluding hydrogens is 470 g/mol. The number of anilines is 1. The fourth-order valence-corrected chi connectivity index (χ4v) is 5.24. The highest BCUT2D eigenvalue weighted by molar-refractivity contribution is 7.89. The lowest BCUT2D eigenvalue weighted by atomic mass is 10.2. The van der Waals surface area contributed by atoms with Crippen LogP contribution in [0, 0.1) is 5.82 Å². The Balaban J connectivity index is 1.68. The first-order valence-corrected chi connectivity index (χ1v) is 11.6. The van der Waals surface area contributed by atoms with Gasteiger partial charge >= 0.3 is 5.97 Å². The van der Waals surface area contributed by atoms with Crippen molar-refractivity contribution in [3.8, 4) is 0 Å². The minimum atomic E-state index is -3.87. The maximum atomic E-state index is 13.7. The summed E-state index contributed by atoms with van der Waals surface area (Å²) in [5, 5.41) is 2.41. The summed E-state index contributed by atoms with van der Waals surface area (Å²) >= 11 is 11.7. The summed E-state index contributed by atoms with van der Waals surface area (Å²) in [6, 6.07) is 7.42. The quantitative estimate of drug-likeness (QED) is 0.617. The summed E-state index contributed by atoms with van der Waals surface area (Å²) in [4.78, 5) is 24.1. The molecule has 1 saturated heterocycles. The molecule has 166 valence electrons. The fourth-order valence-electron chi connectivity index (χ4n) is 3.06. The maximum Gasteiger partial charge on any atom is 0.338 e. The average Bonchev–Trinajstić information content (AvgIpc) is 2.75. The van der Waals surface area contributed by atoms with E-state index in [-0.39, 0.29) is 26.2 Å². The van der Waals surface area contributed by atoms with Crippen LogP contribution in [-0.2, 0) is 19.6 Å². The van der Waals surface area contributed by atoms with Gasteiger partial charge < -0.3 is 10.1 Å². The lowest BCUT2D eigenvalue weighted by molar-refractivity contribution is -0.119. The monoisotopic (exact) mass is 488 g/mol. The van der Waals surface area contributed by atoms with Crippen molar-refractivity contribution in [2.24, 2.45) is 0 Å². The Labute approximate surface area is 189 Å². The van der Waals surface area contributed by atoms with Crippen LogP contribution >= 0.6 is 23.2 Å². The van der Waals surface area contributed by atoms with Gasteiger partial charge in [-0.1, -0.05) is 29.6 Å². The summed E-state index contributed by atoms with van der Waals surface area (Å²) in [5.41, 5.74) is -0.197. The van der Waals surface area contributed by atoms with Crippen LogP contribution in [0.25, 0.3) is 0 Å². The predicted octanol–water partition coefficient (Wildman–Crippen LogP) is 4.10. The summed E-state index contributed by atoms with van der Waals surface area (Å²) in [6.45, 7) is 0.0707. The van der Waals surface area contributed by atoms with E-state index in [0.717, 1.165) is 31.4 Å². The van der Waals surface area contributed by atoms with E-state index in [2.05, 4.69) is 5.32 Å². The number of benzene rings is 2. The van der Waals surface area contributed by atoms with Crippen LogP contribution in [0.4, 0.5) is 10.1 Å². The van der Waals surface area contributed by atoms with Gasteiger partial charge in [0.25, 0.3) is 5.91 Å². The van der Waals surface area contributed by atoms with E-state index in [1.807, 2.05) is 0 Å². The topological polar surface area (TPSA) is 92.8 Å². The number of hydrogen-bond donors (Lipinski definition) is 1. The standard InChI is InChI=1S/C20H19Cl2FN2O5S/c21-14-5-7-17(16(23)11-14)24-19(26)12-30-20(27)13-4-6-15(22)18(10-13)31(28,29)25-8-2-1-3-9-25/h4-7,10-11H,1-3,8-9,12H2,(H,24,26). The van der Waals surface area contributed by atoms with Crippen LogP contribution in [0.2, 0.25) is 10.0 Å². The van der Waals surface area contributed by atoms with Crippen molar-refractivity contribution < 1.29 is 27.1 Å². The number of rotatable bonds is 6. The smallest absolute Gasteiger partial charge is 0.338 e. The van der Waals surface area contributed by atoms with Crippen molar-refractivity contribution in [1.29, 1.82) is 0 Å². The number of ether oxygens (including phenoxy) is 1. The lowest BCUT2D eigenvalue weighted by Crippen LogP contribution is -2.35. The first-order valence-electron chi connectivity index (χ1n) is 9.40. The molecule has 1 heterocycles. The Hall–Kier alpha value is -2.20. The molecule has 7 nitrogen and oxygen atoms in total. The highest BCUT2D eigenvalue weighted by atomic mass is 35.5. The minimum absolute atomic E-state index is 0.0157. The number of halogens is 3. The number of carbonyl (C=O) groups is 2.